The number of esters is 4. The highest BCUT2D eigenvalue weighted by atomic mass is 33.1. The number of ether oxygens (including phenoxy) is 14. The number of aliphatic hydroxyl groups is 5. The van der Waals surface area contributed by atoms with E-state index in [9.17, 15) is 57.8 Å². The molecule has 134 heavy (non-hydrogen) atoms. The van der Waals surface area contributed by atoms with Gasteiger partial charge in [0.2, 0.25) is 35.4 Å². The van der Waals surface area contributed by atoms with Crippen molar-refractivity contribution in [1.82, 2.24) is 41.0 Å². The number of likely N-dealkylation sites (N-methyl/N-ethyl adjacent to an activating group) is 2. The van der Waals surface area contributed by atoms with Gasteiger partial charge >= 0.3 is 29.8 Å². The maximum absolute atomic E-state index is 14.5. The van der Waals surface area contributed by atoms with Crippen LogP contribution in [0.25, 0.3) is 0 Å². The number of nitrogens with one attached hydrogen (secondary N) is 4. The van der Waals surface area contributed by atoms with E-state index < -0.39 is 133 Å². The number of carboxylic acid groups (broad SMARTS) is 1. The molecule has 2 aromatic rings. The first-order chi connectivity index (χ1) is 63.8. The summed E-state index contributed by atoms with van der Waals surface area (Å²) in [6.45, 7) is 24.1. The Bertz CT molecular complexity index is 3500. The van der Waals surface area contributed by atoms with Gasteiger partial charge in [0.15, 0.2) is 25.2 Å². The monoisotopic (exact) mass is 1950 g/mol. The summed E-state index contributed by atoms with van der Waals surface area (Å²) in [4.78, 5) is 150. The van der Waals surface area contributed by atoms with Crippen LogP contribution in [0.2, 0.25) is 0 Å². The molecule has 0 radical (unpaired) electrons. The van der Waals surface area contributed by atoms with E-state index in [0.29, 0.717) is 70.0 Å². The lowest BCUT2D eigenvalue weighted by Gasteiger charge is -2.41. The van der Waals surface area contributed by atoms with E-state index in [2.05, 4.69) is 26.3 Å². The molecule has 2 heterocycles. The Morgan fingerprint density at radius 2 is 1.01 bits per heavy atom. The number of carbonyl (C=O) groups excluding carboxylic acids is 10. The quantitative estimate of drug-likeness (QED) is 0.0104. The van der Waals surface area contributed by atoms with Crippen molar-refractivity contribution in [3.63, 3.8) is 0 Å². The highest BCUT2D eigenvalue weighted by Crippen LogP contribution is 2.32. The topological polar surface area (TPSA) is 509 Å². The van der Waals surface area contributed by atoms with Gasteiger partial charge in [0.05, 0.1) is 106 Å². The summed E-state index contributed by atoms with van der Waals surface area (Å²) >= 11 is 0. The molecular formula is C93H162N8O31S2. The number of aromatic nitrogens is 1. The van der Waals surface area contributed by atoms with Gasteiger partial charge in [0, 0.05) is 113 Å². The lowest BCUT2D eigenvalue weighted by Crippen LogP contribution is -2.59. The van der Waals surface area contributed by atoms with Gasteiger partial charge in [0.1, 0.15) is 43.0 Å². The molecule has 41 heteroatoms. The third-order valence-electron chi connectivity index (χ3n) is 21.9. The minimum atomic E-state index is -1.08. The smallest absolute Gasteiger partial charge is 0.329 e. The molecule has 0 bridgehead atoms. The summed E-state index contributed by atoms with van der Waals surface area (Å²) in [7, 11) is 17.3. The molecule has 0 saturated carbocycles. The van der Waals surface area contributed by atoms with Gasteiger partial charge in [-0.05, 0) is 132 Å². The molecule has 0 aliphatic carbocycles. The molecule has 3 rings (SSSR count). The van der Waals surface area contributed by atoms with Crippen molar-refractivity contribution >= 4 is 86.9 Å². The lowest BCUT2D eigenvalue weighted by molar-refractivity contribution is -0.194. The van der Waals surface area contributed by atoms with Crippen LogP contribution in [0, 0.1) is 23.7 Å². The molecule has 1 aliphatic rings. The highest BCUT2D eigenvalue weighted by molar-refractivity contribution is 8.76. The van der Waals surface area contributed by atoms with Crippen LogP contribution in [-0.2, 0) is 119 Å². The van der Waals surface area contributed by atoms with Crippen molar-refractivity contribution in [3.8, 4) is 0 Å². The molecular weight excluding hydrogens is 1790 g/mol. The van der Waals surface area contributed by atoms with Crippen LogP contribution >= 0.6 is 21.6 Å². The maximum Gasteiger partial charge on any atom is 0.329 e. The number of carbonyl (C=O) groups is 11. The molecule has 1 saturated heterocycles. The van der Waals surface area contributed by atoms with Crippen LogP contribution in [0.1, 0.15) is 211 Å². The Hall–Kier alpha value is -7.40. The molecule has 0 spiro atoms. The van der Waals surface area contributed by atoms with E-state index in [1.165, 1.54) is 49.6 Å². The molecule has 1 aliphatic heterocycles. The Morgan fingerprint density at radius 3 is 1.43 bits per heavy atom. The van der Waals surface area contributed by atoms with Gasteiger partial charge in [-0.3, -0.25) is 52.8 Å². The third kappa shape index (κ3) is 51.9. The molecule has 772 valence electrons. The molecule has 1 aromatic carbocycles. The van der Waals surface area contributed by atoms with E-state index in [1.807, 2.05) is 112 Å². The average Bonchev–Trinajstić information content (AvgIpc) is 1.33. The van der Waals surface area contributed by atoms with Gasteiger partial charge in [-0.25, -0.2) is 9.78 Å². The largest absolute Gasteiger partial charge is 0.481 e. The van der Waals surface area contributed by atoms with Gasteiger partial charge in [-0.1, -0.05) is 130 Å². The number of hydrogen-bond donors (Lipinski definition) is 10. The Kier molecular flexibility index (Phi) is 70.5. The number of benzene rings is 1. The van der Waals surface area contributed by atoms with Gasteiger partial charge < -0.3 is 128 Å². The number of aliphatic carboxylic acids is 1. The first-order valence-electron chi connectivity index (χ1n) is 46.2. The average molecular weight is 1950 g/mol. The summed E-state index contributed by atoms with van der Waals surface area (Å²) in [6, 6.07) is 10.6. The van der Waals surface area contributed by atoms with Crippen LogP contribution < -0.4 is 21.3 Å². The second kappa shape index (κ2) is 74.7. The number of hydrogen-bond acceptors (Lipinski definition) is 34. The van der Waals surface area contributed by atoms with Crippen molar-refractivity contribution in [3.05, 3.63) is 60.3 Å². The number of likely N-dealkylation sites (tertiary alicyclic amines) is 1. The third-order valence-corrected chi connectivity index (χ3v) is 24.1. The number of rotatable bonds is 67. The van der Waals surface area contributed by atoms with Crippen molar-refractivity contribution in [2.24, 2.45) is 23.7 Å². The second-order valence-electron chi connectivity index (χ2n) is 33.0. The standard InChI is InChI=1S/C55H94N6O14.C19H30N2O6S2.C12H22O7.C7H16O4/c1-17-35(7)49(60(13)54(68)47(33(3)4)58-53(67)48(34(5)6)59(11)12)42(70-14)30-44(64)61-29-23-26-41(61)50(72-16)36(8)52(66)57-37(9)51(39-24-20-19-21-25-39)75-55(69)38(10)56-43(63)27-22-28-45(65)73-32-46(71-15)74-40(18-2)31-62;1-3-15(13-22)27-19(25-2)14-26-18(24)9-6-7-16(23)20-11-12-28-29-17-8-4-5-10-21-17;1-3-9(7-13)19-12(17-2)8-18-11(16)6-4-5-10(14)15;1-3-6(4-8)11-7(5-9)10-2/h19-21,24-25,33-38,40-42,46-51,62H,17-18,22-23,26-32H2,1-16H3,(H,56,63)(H,57,66)(H,58,67);4-5,8,10,15,19,22H,3,6-7,9,11-14H2,1-2H3,(H,20,23);9,12-13H,3-8H2,1-2H3,(H,14,15);6-9H,3-5H2,1-2H3/t35-,36+,37+,38+,40?,41-,42+,46?,47?,48-,49?,50+,51?;;;/m0.../s1. The minimum Gasteiger partial charge on any atom is -0.481 e. The molecule has 19 atom stereocenters. The predicted octanol–water partition coefficient (Wildman–Crippen LogP) is 7.10. The normalized spacial score (nSPS) is 16.5. The van der Waals surface area contributed by atoms with Crippen LogP contribution in [0.4, 0.5) is 0 Å². The molecule has 11 unspecified atom stereocenters. The van der Waals surface area contributed by atoms with E-state index in [1.54, 1.807) is 82.7 Å². The van der Waals surface area contributed by atoms with Crippen LogP contribution in [-0.4, -0.2) is 349 Å². The van der Waals surface area contributed by atoms with Crippen molar-refractivity contribution in [2.45, 2.75) is 308 Å². The summed E-state index contributed by atoms with van der Waals surface area (Å²) in [5, 5.41) is 65.7. The van der Waals surface area contributed by atoms with E-state index >= 15 is 0 Å². The first kappa shape index (κ1) is 127. The Labute approximate surface area is 801 Å². The summed E-state index contributed by atoms with van der Waals surface area (Å²) in [6.07, 6.45) is 0.429. The number of nitrogens with zero attached hydrogens (tertiary/aromatic N) is 4. The number of pyridine rings is 1. The second-order valence-corrected chi connectivity index (χ2v) is 35.4. The summed E-state index contributed by atoms with van der Waals surface area (Å²) < 4.78 is 74.8. The fraction of sp³-hybridized carbons (Fsp3) is 0.763. The van der Waals surface area contributed by atoms with Crippen molar-refractivity contribution in [1.29, 1.82) is 0 Å². The molecule has 1 fully saturated rings. The van der Waals surface area contributed by atoms with Crippen LogP contribution in [0.5, 0.6) is 0 Å². The van der Waals surface area contributed by atoms with Crippen LogP contribution in [0.3, 0.4) is 0 Å². The van der Waals surface area contributed by atoms with Crippen molar-refractivity contribution in [2.75, 3.05) is 135 Å². The highest BCUT2D eigenvalue weighted by Gasteiger charge is 2.44. The zero-order valence-corrected chi connectivity index (χ0v) is 84.7. The van der Waals surface area contributed by atoms with Crippen molar-refractivity contribution < 1.29 is 150 Å². The lowest BCUT2D eigenvalue weighted by atomic mass is 9.89. The molecule has 1 aromatic heterocycles. The van der Waals surface area contributed by atoms with E-state index in [-0.39, 0.29) is 170 Å². The maximum atomic E-state index is 14.5. The van der Waals surface area contributed by atoms with E-state index in [0.717, 1.165) is 10.8 Å². The molecule has 6 amide bonds. The number of carboxylic acids is 1. The van der Waals surface area contributed by atoms with E-state index in [4.69, 9.17) is 91.8 Å². The number of methoxy groups -OCH3 is 6. The van der Waals surface area contributed by atoms with Gasteiger partial charge in [-0.15, -0.1) is 0 Å². The van der Waals surface area contributed by atoms with Crippen LogP contribution in [0.15, 0.2) is 59.8 Å². The number of aliphatic hydroxyl groups excluding tert-OH is 5. The zero-order valence-electron chi connectivity index (χ0n) is 83.1. The molecule has 10 N–H and O–H groups in total. The molecule has 39 nitrogen and oxygen atoms in total. The first-order valence-corrected chi connectivity index (χ1v) is 48.5. The SMILES string of the molecule is CCC(CO)OC(CO)OC.CCC(CO)OC(COC(=O)CCCC(=O)NCCSSc1ccccn1)OC.CCC(CO)OC(COC(=O)CCCC(=O)N[C@H](C)C(=O)OC(c1ccccc1)[C@@H](C)NC(=O)[C@H](C)[C@@H](OC)[C@@H]1CCCN1C(=O)C[C@@H](OC)C([C@@H](C)CC)N(C)C(=O)C(NC(=O)[C@H](C(C)C)N(C)C)C(C)C)OC.CCC(CO)OC(COC(=O)CCCC(=O)O)OC. The fourth-order valence-electron chi connectivity index (χ4n) is 13.8. The number of amides is 6. The van der Waals surface area contributed by atoms with Gasteiger partial charge in [0.25, 0.3) is 0 Å². The van der Waals surface area contributed by atoms with Gasteiger partial charge in [-0.2, -0.15) is 0 Å². The predicted molar refractivity (Wildman–Crippen MR) is 503 cm³/mol. The Morgan fingerprint density at radius 1 is 0.537 bits per heavy atom. The minimum absolute atomic E-state index is 0.00958. The Balaban J connectivity index is 0.00000240. The fourth-order valence-corrected chi connectivity index (χ4v) is 15.6. The summed E-state index contributed by atoms with van der Waals surface area (Å²) in [5.74, 6) is -5.14. The summed E-state index contributed by atoms with van der Waals surface area (Å²) in [5.41, 5.74) is 0.603. The zero-order chi connectivity index (χ0) is 101.